The second-order valence-electron chi connectivity index (χ2n) is 6.25. The van der Waals surface area contributed by atoms with Crippen molar-refractivity contribution in [1.82, 2.24) is 19.6 Å². The summed E-state index contributed by atoms with van der Waals surface area (Å²) in [6.07, 6.45) is 5.41. The molecule has 0 unspecified atom stereocenters. The lowest BCUT2D eigenvalue weighted by atomic mass is 10.0. The average molecular weight is 304 g/mol. The normalized spacial score (nSPS) is 22.5. The maximum Gasteiger partial charge on any atom is 0.137 e. The Morgan fingerprint density at radius 1 is 1.32 bits per heavy atom. The van der Waals surface area contributed by atoms with Gasteiger partial charge in [-0.15, -0.1) is 0 Å². The first-order valence-corrected chi connectivity index (χ1v) is 7.92. The highest BCUT2D eigenvalue weighted by Gasteiger charge is 2.31. The predicted octanol–water partition coefficient (Wildman–Crippen LogP) is 1.41. The summed E-state index contributed by atoms with van der Waals surface area (Å²) in [5.74, 6) is 2.17. The predicted molar refractivity (Wildman–Crippen MR) is 82.5 cm³/mol. The Bertz CT molecular complexity index is 607. The molecule has 0 spiro atoms. The highest BCUT2D eigenvalue weighted by Crippen LogP contribution is 2.22. The molecule has 0 saturated carbocycles. The standard InChI is InChI=1S/C16H24N4O2/c1-12-8-15(22-18-12)9-14-10-19(11-16(14)21)5-3-6-20-7-4-17-13(20)2/h4,7-8,14,16,21H,3,5-6,9-11H2,1-2H3/t14-,16-/m1/s1. The number of rotatable bonds is 6. The lowest BCUT2D eigenvalue weighted by molar-refractivity contribution is 0.137. The zero-order chi connectivity index (χ0) is 15.5. The molecule has 3 rings (SSSR count). The molecule has 6 heteroatoms. The van der Waals surface area contributed by atoms with Crippen LogP contribution in [0.2, 0.25) is 0 Å². The summed E-state index contributed by atoms with van der Waals surface area (Å²) in [5, 5.41) is 14.1. The molecule has 0 aromatic carbocycles. The second-order valence-corrected chi connectivity index (χ2v) is 6.25. The van der Waals surface area contributed by atoms with Crippen molar-refractivity contribution < 1.29 is 9.63 Å². The van der Waals surface area contributed by atoms with E-state index in [1.165, 1.54) is 0 Å². The van der Waals surface area contributed by atoms with Crippen molar-refractivity contribution >= 4 is 0 Å². The summed E-state index contributed by atoms with van der Waals surface area (Å²) in [6.45, 7) is 7.59. The molecule has 0 aliphatic carbocycles. The van der Waals surface area contributed by atoms with Crippen molar-refractivity contribution in [2.45, 2.75) is 39.3 Å². The summed E-state index contributed by atoms with van der Waals surface area (Å²) >= 11 is 0. The molecule has 1 aliphatic heterocycles. The lowest BCUT2D eigenvalue weighted by Gasteiger charge is -2.15. The number of nitrogens with zero attached hydrogens (tertiary/aromatic N) is 4. The first kappa shape index (κ1) is 15.2. The number of aromatic nitrogens is 3. The third-order valence-electron chi connectivity index (χ3n) is 4.42. The van der Waals surface area contributed by atoms with Gasteiger partial charge >= 0.3 is 0 Å². The van der Waals surface area contributed by atoms with Crippen LogP contribution in [0.15, 0.2) is 23.0 Å². The van der Waals surface area contributed by atoms with Gasteiger partial charge in [-0.1, -0.05) is 5.16 Å². The van der Waals surface area contributed by atoms with Crippen molar-refractivity contribution in [1.29, 1.82) is 0 Å². The fourth-order valence-corrected chi connectivity index (χ4v) is 3.20. The topological polar surface area (TPSA) is 67.3 Å². The summed E-state index contributed by atoms with van der Waals surface area (Å²) in [7, 11) is 0. The molecule has 1 fully saturated rings. The molecule has 6 nitrogen and oxygen atoms in total. The van der Waals surface area contributed by atoms with Crippen LogP contribution in [0, 0.1) is 19.8 Å². The largest absolute Gasteiger partial charge is 0.391 e. The number of likely N-dealkylation sites (tertiary alicyclic amines) is 1. The number of hydrogen-bond donors (Lipinski definition) is 1. The molecule has 120 valence electrons. The minimum absolute atomic E-state index is 0.238. The monoisotopic (exact) mass is 304 g/mol. The Balaban J connectivity index is 1.45. The van der Waals surface area contributed by atoms with E-state index in [4.69, 9.17) is 4.52 Å². The molecule has 2 aromatic heterocycles. The molecular formula is C16H24N4O2. The molecule has 1 N–H and O–H groups in total. The second kappa shape index (κ2) is 6.62. The number of aliphatic hydroxyl groups excluding tert-OH is 1. The number of β-amino-alcohol motifs (C(OH)–C–C–N with tert-alkyl or cyclic N) is 1. The first-order valence-electron chi connectivity index (χ1n) is 7.92. The third-order valence-corrected chi connectivity index (χ3v) is 4.42. The van der Waals surface area contributed by atoms with Crippen LogP contribution in [0.3, 0.4) is 0 Å². The Hall–Kier alpha value is -1.66. The summed E-state index contributed by atoms with van der Waals surface area (Å²) in [5.41, 5.74) is 0.898. The van der Waals surface area contributed by atoms with Gasteiger partial charge in [-0.25, -0.2) is 4.98 Å². The molecular weight excluding hydrogens is 280 g/mol. The van der Waals surface area contributed by atoms with Gasteiger partial charge in [-0.2, -0.15) is 0 Å². The maximum absolute atomic E-state index is 10.2. The van der Waals surface area contributed by atoms with Crippen LogP contribution in [-0.2, 0) is 13.0 Å². The van der Waals surface area contributed by atoms with E-state index >= 15 is 0 Å². The first-order chi connectivity index (χ1) is 10.6. The zero-order valence-corrected chi connectivity index (χ0v) is 13.3. The van der Waals surface area contributed by atoms with E-state index in [0.29, 0.717) is 0 Å². The van der Waals surface area contributed by atoms with Crippen molar-refractivity contribution in [2.75, 3.05) is 19.6 Å². The number of aliphatic hydroxyl groups is 1. The van der Waals surface area contributed by atoms with E-state index in [2.05, 4.69) is 19.6 Å². The molecule has 2 atom stereocenters. The van der Waals surface area contributed by atoms with Gasteiger partial charge in [0.25, 0.3) is 0 Å². The van der Waals surface area contributed by atoms with Gasteiger partial charge in [0.15, 0.2) is 0 Å². The maximum atomic E-state index is 10.2. The molecule has 22 heavy (non-hydrogen) atoms. The van der Waals surface area contributed by atoms with Crippen LogP contribution in [0.25, 0.3) is 0 Å². The van der Waals surface area contributed by atoms with Crippen molar-refractivity contribution in [3.05, 3.63) is 35.7 Å². The SMILES string of the molecule is Cc1cc(C[C@@H]2CN(CCCn3ccnc3C)C[C@H]2O)on1. The van der Waals surface area contributed by atoms with Crippen LogP contribution in [0.1, 0.15) is 23.7 Å². The molecule has 0 bridgehead atoms. The number of aryl methyl sites for hydroxylation is 3. The van der Waals surface area contributed by atoms with Crippen LogP contribution in [-0.4, -0.2) is 50.5 Å². The van der Waals surface area contributed by atoms with E-state index in [1.54, 1.807) is 0 Å². The Labute approximate surface area is 130 Å². The quantitative estimate of drug-likeness (QED) is 0.874. The minimum Gasteiger partial charge on any atom is -0.391 e. The third kappa shape index (κ3) is 3.56. The van der Waals surface area contributed by atoms with Crippen molar-refractivity contribution in [3.8, 4) is 0 Å². The number of imidazole rings is 1. The van der Waals surface area contributed by atoms with Crippen LogP contribution >= 0.6 is 0 Å². The van der Waals surface area contributed by atoms with Crippen LogP contribution in [0.4, 0.5) is 0 Å². The average Bonchev–Trinajstić information content (AvgIpc) is 3.15. The Kier molecular flexibility index (Phi) is 4.59. The smallest absolute Gasteiger partial charge is 0.137 e. The Morgan fingerprint density at radius 3 is 2.86 bits per heavy atom. The van der Waals surface area contributed by atoms with E-state index in [-0.39, 0.29) is 12.0 Å². The van der Waals surface area contributed by atoms with E-state index < -0.39 is 0 Å². The highest BCUT2D eigenvalue weighted by atomic mass is 16.5. The molecule has 1 aliphatic rings. The molecule has 0 radical (unpaired) electrons. The van der Waals surface area contributed by atoms with Crippen LogP contribution in [0.5, 0.6) is 0 Å². The Morgan fingerprint density at radius 2 is 2.18 bits per heavy atom. The highest BCUT2D eigenvalue weighted by molar-refractivity contribution is 5.05. The molecule has 3 heterocycles. The fraction of sp³-hybridized carbons (Fsp3) is 0.625. The van der Waals surface area contributed by atoms with Gasteiger partial charge in [0.05, 0.1) is 11.8 Å². The van der Waals surface area contributed by atoms with Crippen LogP contribution < -0.4 is 0 Å². The summed E-state index contributed by atoms with van der Waals surface area (Å²) in [4.78, 5) is 6.57. The molecule has 2 aromatic rings. The van der Waals surface area contributed by atoms with Gasteiger partial charge in [0, 0.05) is 50.4 Å². The minimum atomic E-state index is -0.277. The van der Waals surface area contributed by atoms with E-state index in [0.717, 1.165) is 56.3 Å². The molecule has 0 amide bonds. The van der Waals surface area contributed by atoms with E-state index in [1.807, 2.05) is 32.3 Å². The lowest BCUT2D eigenvalue weighted by Crippen LogP contribution is -2.24. The van der Waals surface area contributed by atoms with Gasteiger partial charge in [0.2, 0.25) is 0 Å². The van der Waals surface area contributed by atoms with E-state index in [9.17, 15) is 5.11 Å². The fourth-order valence-electron chi connectivity index (χ4n) is 3.20. The zero-order valence-electron chi connectivity index (χ0n) is 13.3. The van der Waals surface area contributed by atoms with Crippen molar-refractivity contribution in [2.24, 2.45) is 5.92 Å². The van der Waals surface area contributed by atoms with Gasteiger partial charge in [0.1, 0.15) is 11.6 Å². The summed E-state index contributed by atoms with van der Waals surface area (Å²) in [6, 6.07) is 1.96. The van der Waals surface area contributed by atoms with Gasteiger partial charge in [-0.3, -0.25) is 0 Å². The molecule has 1 saturated heterocycles. The number of hydrogen-bond acceptors (Lipinski definition) is 5. The van der Waals surface area contributed by atoms with Gasteiger partial charge < -0.3 is 19.1 Å². The summed E-state index contributed by atoms with van der Waals surface area (Å²) < 4.78 is 7.43. The van der Waals surface area contributed by atoms with Gasteiger partial charge in [-0.05, 0) is 26.8 Å². The van der Waals surface area contributed by atoms with Crippen molar-refractivity contribution in [3.63, 3.8) is 0 Å².